The summed E-state index contributed by atoms with van der Waals surface area (Å²) in [6, 6.07) is 19.7. The Morgan fingerprint density at radius 1 is 0.932 bits per heavy atom. The van der Waals surface area contributed by atoms with Gasteiger partial charge in [0.05, 0.1) is 16.3 Å². The number of aromatic nitrogens is 2. The van der Waals surface area contributed by atoms with Gasteiger partial charge in [-0.25, -0.2) is 26.7 Å². The zero-order valence-electron chi connectivity index (χ0n) is 25.3. The number of rotatable bonds is 7. The molecule has 0 atom stereocenters. The number of piperidine rings is 1. The number of hydrogen-bond donors (Lipinski definition) is 2. The lowest BCUT2D eigenvalue weighted by atomic mass is 9.91. The number of amides is 2. The molecular formula is C33H37F2N5O3S. The molecule has 2 N–H and O–H groups in total. The Kier molecular flexibility index (Phi) is 8.90. The van der Waals surface area contributed by atoms with Gasteiger partial charge < -0.3 is 5.32 Å². The largest absolute Gasteiger partial charge is 0.324 e. The fourth-order valence-corrected chi connectivity index (χ4v) is 6.73. The van der Waals surface area contributed by atoms with E-state index in [0.717, 1.165) is 40.7 Å². The predicted molar refractivity (Wildman–Crippen MR) is 168 cm³/mol. The molecule has 11 heteroatoms. The minimum atomic E-state index is -3.91. The first-order valence-corrected chi connectivity index (χ1v) is 16.0. The summed E-state index contributed by atoms with van der Waals surface area (Å²) in [4.78, 5) is 12.8. The molecule has 5 rings (SSSR count). The third kappa shape index (κ3) is 7.16. The second-order valence-electron chi connectivity index (χ2n) is 12.3. The molecule has 1 aliphatic heterocycles. The van der Waals surface area contributed by atoms with Gasteiger partial charge in [-0.1, -0.05) is 50.6 Å². The van der Waals surface area contributed by atoms with Gasteiger partial charge in [0, 0.05) is 30.3 Å². The molecule has 3 aromatic carbocycles. The fraction of sp³-hybridized carbons (Fsp3) is 0.333. The normalized spacial score (nSPS) is 14.9. The molecule has 8 nitrogen and oxygen atoms in total. The first-order chi connectivity index (χ1) is 20.8. The van der Waals surface area contributed by atoms with Crippen LogP contribution in [0, 0.1) is 24.5 Å². The summed E-state index contributed by atoms with van der Waals surface area (Å²) >= 11 is 0. The monoisotopic (exact) mass is 621 g/mol. The van der Waals surface area contributed by atoms with Gasteiger partial charge in [0.1, 0.15) is 5.82 Å². The number of anilines is 2. The van der Waals surface area contributed by atoms with Crippen LogP contribution >= 0.6 is 0 Å². The third-order valence-corrected chi connectivity index (χ3v) is 9.70. The van der Waals surface area contributed by atoms with E-state index in [1.165, 1.54) is 4.31 Å². The molecule has 0 spiro atoms. The molecule has 0 saturated carbocycles. The summed E-state index contributed by atoms with van der Waals surface area (Å²) in [6.45, 7) is 8.80. The molecule has 0 unspecified atom stereocenters. The molecular weight excluding hydrogens is 584 g/mol. The van der Waals surface area contributed by atoms with Gasteiger partial charge in [0.25, 0.3) is 0 Å². The van der Waals surface area contributed by atoms with Crippen LogP contribution < -0.4 is 10.6 Å². The number of carbonyl (C=O) groups is 1. The van der Waals surface area contributed by atoms with Gasteiger partial charge in [-0.05, 0) is 80.1 Å². The second kappa shape index (κ2) is 12.5. The van der Waals surface area contributed by atoms with Gasteiger partial charge in [-0.2, -0.15) is 9.40 Å². The van der Waals surface area contributed by atoms with Crippen LogP contribution in [-0.2, 0) is 21.9 Å². The van der Waals surface area contributed by atoms with Crippen molar-refractivity contribution in [1.29, 1.82) is 0 Å². The number of sulfonamides is 1. The van der Waals surface area contributed by atoms with E-state index in [1.807, 2.05) is 61.5 Å². The minimum Gasteiger partial charge on any atom is -0.308 e. The van der Waals surface area contributed by atoms with Crippen LogP contribution in [0.5, 0.6) is 0 Å². The number of hydrogen-bond acceptors (Lipinski definition) is 4. The van der Waals surface area contributed by atoms with E-state index in [0.29, 0.717) is 30.8 Å². The molecule has 1 aromatic heterocycles. The molecule has 1 saturated heterocycles. The number of aryl methyl sites for hydroxylation is 1. The number of carbonyl (C=O) groups excluding carboxylic acids is 1. The lowest BCUT2D eigenvalue weighted by Crippen LogP contribution is -2.38. The van der Waals surface area contributed by atoms with E-state index in [-0.39, 0.29) is 29.3 Å². The van der Waals surface area contributed by atoms with Crippen molar-refractivity contribution in [2.75, 3.05) is 23.7 Å². The molecule has 0 aliphatic carbocycles. The maximum Gasteiger partial charge on any atom is 0.324 e. The van der Waals surface area contributed by atoms with E-state index in [1.54, 1.807) is 4.68 Å². The summed E-state index contributed by atoms with van der Waals surface area (Å²) in [5.41, 5.74) is 4.25. The minimum absolute atomic E-state index is 0.212. The SMILES string of the molecule is Cc1ccc(-n2nc(C(C)(C)C)cc2NC(=O)Nc2cccc(CC3CCN(S(=O)(=O)c4ccc(F)c(F)c4)CC3)c2)cc1. The summed E-state index contributed by atoms with van der Waals surface area (Å²) < 4.78 is 55.9. The van der Waals surface area contributed by atoms with Crippen LogP contribution in [-0.4, -0.2) is 41.6 Å². The van der Waals surface area contributed by atoms with E-state index in [4.69, 9.17) is 5.10 Å². The van der Waals surface area contributed by atoms with Crippen molar-refractivity contribution in [3.63, 3.8) is 0 Å². The van der Waals surface area contributed by atoms with Crippen molar-refractivity contribution in [1.82, 2.24) is 14.1 Å². The van der Waals surface area contributed by atoms with Crippen LogP contribution in [0.3, 0.4) is 0 Å². The van der Waals surface area contributed by atoms with Crippen molar-refractivity contribution in [2.24, 2.45) is 5.92 Å². The van der Waals surface area contributed by atoms with Crippen LogP contribution in [0.2, 0.25) is 0 Å². The van der Waals surface area contributed by atoms with Crippen LogP contribution in [0.25, 0.3) is 5.69 Å². The number of nitrogens with one attached hydrogen (secondary N) is 2. The highest BCUT2D eigenvalue weighted by molar-refractivity contribution is 7.89. The van der Waals surface area contributed by atoms with Gasteiger partial charge in [0.15, 0.2) is 11.6 Å². The van der Waals surface area contributed by atoms with Crippen molar-refractivity contribution in [2.45, 2.75) is 57.3 Å². The summed E-state index contributed by atoms with van der Waals surface area (Å²) in [6.07, 6.45) is 1.96. The maximum atomic E-state index is 13.7. The lowest BCUT2D eigenvalue weighted by molar-refractivity contribution is 0.262. The molecule has 0 bridgehead atoms. The Labute approximate surface area is 257 Å². The Bertz CT molecular complexity index is 1760. The lowest BCUT2D eigenvalue weighted by Gasteiger charge is -2.31. The fourth-order valence-electron chi connectivity index (χ4n) is 5.25. The molecule has 4 aromatic rings. The second-order valence-corrected chi connectivity index (χ2v) is 14.3. The van der Waals surface area contributed by atoms with Crippen molar-refractivity contribution < 1.29 is 22.0 Å². The first-order valence-electron chi connectivity index (χ1n) is 14.6. The summed E-state index contributed by atoms with van der Waals surface area (Å²) in [5, 5.41) is 10.6. The van der Waals surface area contributed by atoms with E-state index >= 15 is 0 Å². The van der Waals surface area contributed by atoms with Crippen LogP contribution in [0.15, 0.2) is 77.7 Å². The predicted octanol–water partition coefficient (Wildman–Crippen LogP) is 7.04. The third-order valence-electron chi connectivity index (χ3n) is 7.81. The molecule has 44 heavy (non-hydrogen) atoms. The van der Waals surface area contributed by atoms with Crippen LogP contribution in [0.1, 0.15) is 50.4 Å². The van der Waals surface area contributed by atoms with Gasteiger partial charge in [0.2, 0.25) is 10.0 Å². The highest BCUT2D eigenvalue weighted by Gasteiger charge is 2.30. The number of nitrogens with zero attached hydrogens (tertiary/aromatic N) is 3. The average molecular weight is 622 g/mol. The Morgan fingerprint density at radius 3 is 2.30 bits per heavy atom. The van der Waals surface area contributed by atoms with Gasteiger partial charge in [-0.3, -0.25) is 5.32 Å². The zero-order valence-corrected chi connectivity index (χ0v) is 26.1. The Balaban J connectivity index is 1.21. The van der Waals surface area contributed by atoms with Crippen molar-refractivity contribution in [3.05, 3.63) is 101 Å². The molecule has 2 amide bonds. The standard InChI is InChI=1S/C33H37F2N5O3S/c1-22-8-10-26(11-9-22)40-31(21-30(38-40)33(2,3)4)37-32(41)36-25-7-5-6-24(19-25)18-23-14-16-39(17-15-23)44(42,43)27-12-13-28(34)29(35)20-27/h5-13,19-21,23H,14-18H2,1-4H3,(H2,36,37,41). The maximum absolute atomic E-state index is 13.7. The summed E-state index contributed by atoms with van der Waals surface area (Å²) in [5.74, 6) is -1.48. The Hall–Kier alpha value is -4.09. The van der Waals surface area contributed by atoms with Crippen molar-refractivity contribution in [3.8, 4) is 5.69 Å². The molecule has 1 aliphatic rings. The molecule has 0 radical (unpaired) electrons. The van der Waals surface area contributed by atoms with Crippen molar-refractivity contribution >= 4 is 27.6 Å². The first kappa shape index (κ1) is 31.3. The topological polar surface area (TPSA) is 96.3 Å². The quantitative estimate of drug-likeness (QED) is 0.231. The zero-order chi connectivity index (χ0) is 31.6. The van der Waals surface area contributed by atoms with E-state index < -0.39 is 27.7 Å². The van der Waals surface area contributed by atoms with E-state index in [2.05, 4.69) is 31.4 Å². The van der Waals surface area contributed by atoms with Gasteiger partial charge >= 0.3 is 6.03 Å². The smallest absolute Gasteiger partial charge is 0.308 e. The summed E-state index contributed by atoms with van der Waals surface area (Å²) in [7, 11) is -3.91. The molecule has 1 fully saturated rings. The molecule has 232 valence electrons. The van der Waals surface area contributed by atoms with E-state index in [9.17, 15) is 22.0 Å². The Morgan fingerprint density at radius 2 is 1.64 bits per heavy atom. The van der Waals surface area contributed by atoms with Gasteiger partial charge in [-0.15, -0.1) is 0 Å². The highest BCUT2D eigenvalue weighted by Crippen LogP contribution is 2.29. The number of halogens is 2. The number of urea groups is 1. The highest BCUT2D eigenvalue weighted by atomic mass is 32.2. The number of benzene rings is 3. The van der Waals surface area contributed by atoms with Crippen LogP contribution in [0.4, 0.5) is 25.1 Å². The average Bonchev–Trinajstić information content (AvgIpc) is 3.39. The molecule has 2 heterocycles.